The van der Waals surface area contributed by atoms with E-state index in [0.717, 1.165) is 5.56 Å². The first-order valence-electron chi connectivity index (χ1n) is 6.93. The first-order valence-corrected chi connectivity index (χ1v) is 6.93. The van der Waals surface area contributed by atoms with Gasteiger partial charge in [-0.3, -0.25) is 4.79 Å². The SMILES string of the molecule is NC(=O)OC(=O)C(N)Cc1ccc(C(=O)c2ccccc2)cc1. The van der Waals surface area contributed by atoms with Crippen LogP contribution in [0.3, 0.4) is 0 Å². The second-order valence-electron chi connectivity index (χ2n) is 4.94. The van der Waals surface area contributed by atoms with Crippen LogP contribution in [0.5, 0.6) is 0 Å². The summed E-state index contributed by atoms with van der Waals surface area (Å²) in [4.78, 5) is 34.2. The molecule has 0 bridgehead atoms. The first kappa shape index (κ1) is 16.4. The Morgan fingerprint density at radius 1 is 0.913 bits per heavy atom. The molecule has 0 aliphatic heterocycles. The molecule has 0 aliphatic rings. The molecule has 2 aromatic rings. The van der Waals surface area contributed by atoms with E-state index < -0.39 is 18.1 Å². The maximum Gasteiger partial charge on any atom is 0.412 e. The number of ether oxygens (including phenoxy) is 1. The van der Waals surface area contributed by atoms with E-state index in [1.54, 1.807) is 48.5 Å². The molecule has 1 amide bonds. The lowest BCUT2D eigenvalue weighted by atomic mass is 10.00. The van der Waals surface area contributed by atoms with E-state index in [9.17, 15) is 14.4 Å². The number of nitrogens with two attached hydrogens (primary N) is 2. The number of esters is 1. The zero-order valence-electron chi connectivity index (χ0n) is 12.3. The van der Waals surface area contributed by atoms with Gasteiger partial charge in [-0.25, -0.2) is 9.59 Å². The zero-order valence-corrected chi connectivity index (χ0v) is 12.3. The average Bonchev–Trinajstić information content (AvgIpc) is 2.55. The quantitative estimate of drug-likeness (QED) is 0.492. The van der Waals surface area contributed by atoms with Crippen LogP contribution in [0.4, 0.5) is 4.79 Å². The molecule has 2 aromatic carbocycles. The summed E-state index contributed by atoms with van der Waals surface area (Å²) >= 11 is 0. The minimum atomic E-state index is -1.19. The Morgan fingerprint density at radius 2 is 1.48 bits per heavy atom. The Labute approximate surface area is 133 Å². The Bertz CT molecular complexity index is 711. The molecule has 0 fully saturated rings. The van der Waals surface area contributed by atoms with Crippen LogP contribution in [0.25, 0.3) is 0 Å². The fourth-order valence-corrected chi connectivity index (χ4v) is 2.06. The van der Waals surface area contributed by atoms with Crippen LogP contribution in [0.2, 0.25) is 0 Å². The molecule has 0 spiro atoms. The van der Waals surface area contributed by atoms with Crippen LogP contribution in [0.15, 0.2) is 54.6 Å². The highest BCUT2D eigenvalue weighted by Crippen LogP contribution is 2.12. The molecule has 4 N–H and O–H groups in total. The highest BCUT2D eigenvalue weighted by molar-refractivity contribution is 6.08. The number of hydrogen-bond donors (Lipinski definition) is 2. The average molecular weight is 312 g/mol. The lowest BCUT2D eigenvalue weighted by molar-refractivity contribution is -0.138. The van der Waals surface area contributed by atoms with Crippen molar-refractivity contribution < 1.29 is 19.1 Å². The molecular weight excluding hydrogens is 296 g/mol. The topological polar surface area (TPSA) is 112 Å². The monoisotopic (exact) mass is 312 g/mol. The van der Waals surface area contributed by atoms with Gasteiger partial charge in [0.1, 0.15) is 6.04 Å². The molecule has 0 heterocycles. The second kappa shape index (κ2) is 7.33. The summed E-state index contributed by atoms with van der Waals surface area (Å²) in [5, 5.41) is 0. The van der Waals surface area contributed by atoms with Gasteiger partial charge in [0.25, 0.3) is 0 Å². The second-order valence-corrected chi connectivity index (χ2v) is 4.94. The molecule has 6 heteroatoms. The minimum Gasteiger partial charge on any atom is -0.375 e. The summed E-state index contributed by atoms with van der Waals surface area (Å²) in [5.41, 5.74) is 12.3. The van der Waals surface area contributed by atoms with Crippen molar-refractivity contribution in [2.24, 2.45) is 11.5 Å². The van der Waals surface area contributed by atoms with Crippen LogP contribution < -0.4 is 11.5 Å². The minimum absolute atomic E-state index is 0.0883. The summed E-state index contributed by atoms with van der Waals surface area (Å²) in [6.45, 7) is 0. The highest BCUT2D eigenvalue weighted by atomic mass is 16.6. The maximum absolute atomic E-state index is 12.3. The van der Waals surface area contributed by atoms with Crippen molar-refractivity contribution in [2.45, 2.75) is 12.5 Å². The Kier molecular flexibility index (Phi) is 5.22. The maximum atomic E-state index is 12.3. The smallest absolute Gasteiger partial charge is 0.375 e. The van der Waals surface area contributed by atoms with E-state index in [2.05, 4.69) is 4.74 Å². The molecule has 23 heavy (non-hydrogen) atoms. The van der Waals surface area contributed by atoms with Gasteiger partial charge in [-0.2, -0.15) is 0 Å². The fraction of sp³-hybridized carbons (Fsp3) is 0.118. The summed E-state index contributed by atoms with van der Waals surface area (Å²) < 4.78 is 4.22. The lowest BCUT2D eigenvalue weighted by Crippen LogP contribution is -2.36. The van der Waals surface area contributed by atoms with Crippen LogP contribution in [-0.4, -0.2) is 23.9 Å². The lowest BCUT2D eigenvalue weighted by Gasteiger charge is -2.09. The van der Waals surface area contributed by atoms with Crippen LogP contribution in [0.1, 0.15) is 21.5 Å². The van der Waals surface area contributed by atoms with Crippen molar-refractivity contribution in [3.8, 4) is 0 Å². The largest absolute Gasteiger partial charge is 0.412 e. The summed E-state index contributed by atoms with van der Waals surface area (Å²) in [5.74, 6) is -0.975. The molecule has 0 saturated heterocycles. The molecule has 1 unspecified atom stereocenters. The van der Waals surface area contributed by atoms with E-state index in [1.165, 1.54) is 0 Å². The molecule has 118 valence electrons. The third kappa shape index (κ3) is 4.49. The van der Waals surface area contributed by atoms with Crippen molar-refractivity contribution in [1.29, 1.82) is 0 Å². The number of hydrogen-bond acceptors (Lipinski definition) is 5. The number of carbonyl (C=O) groups excluding carboxylic acids is 3. The Morgan fingerprint density at radius 3 is 2.04 bits per heavy atom. The number of ketones is 1. The molecule has 0 aliphatic carbocycles. The van der Waals surface area contributed by atoms with Crippen LogP contribution >= 0.6 is 0 Å². The van der Waals surface area contributed by atoms with Crippen molar-refractivity contribution in [3.05, 3.63) is 71.3 Å². The zero-order chi connectivity index (χ0) is 16.8. The van der Waals surface area contributed by atoms with E-state index in [-0.39, 0.29) is 12.2 Å². The molecular formula is C17H16N2O4. The number of carbonyl (C=O) groups is 3. The standard InChI is InChI=1S/C17H16N2O4/c18-14(16(21)23-17(19)22)10-11-6-8-13(9-7-11)15(20)12-4-2-1-3-5-12/h1-9,14H,10,18H2,(H2,19,22). The molecule has 0 aromatic heterocycles. The molecule has 0 saturated carbocycles. The van der Waals surface area contributed by atoms with Crippen molar-refractivity contribution in [1.82, 2.24) is 0 Å². The van der Waals surface area contributed by atoms with Gasteiger partial charge in [-0.1, -0.05) is 54.6 Å². The van der Waals surface area contributed by atoms with Crippen LogP contribution in [-0.2, 0) is 16.0 Å². The first-order chi connectivity index (χ1) is 11.0. The highest BCUT2D eigenvalue weighted by Gasteiger charge is 2.18. The number of amides is 1. The summed E-state index contributed by atoms with van der Waals surface area (Å²) in [6.07, 6.45) is -1.01. The molecule has 2 rings (SSSR count). The Balaban J connectivity index is 2.04. The number of benzene rings is 2. The Hall–Kier alpha value is -2.99. The summed E-state index contributed by atoms with van der Waals surface area (Å²) in [6, 6.07) is 14.6. The predicted octanol–water partition coefficient (Wildman–Crippen LogP) is 1.41. The van der Waals surface area contributed by atoms with Gasteiger partial charge in [-0.05, 0) is 12.0 Å². The van der Waals surface area contributed by atoms with Crippen LogP contribution in [0, 0.1) is 0 Å². The van der Waals surface area contributed by atoms with Gasteiger partial charge in [0.05, 0.1) is 0 Å². The van der Waals surface area contributed by atoms with Gasteiger partial charge in [0, 0.05) is 11.1 Å². The van der Waals surface area contributed by atoms with E-state index in [0.29, 0.717) is 11.1 Å². The van der Waals surface area contributed by atoms with E-state index >= 15 is 0 Å². The molecule has 0 radical (unpaired) electrons. The third-order valence-electron chi connectivity index (χ3n) is 3.21. The predicted molar refractivity (Wildman–Crippen MR) is 83.7 cm³/mol. The van der Waals surface area contributed by atoms with Gasteiger partial charge in [0.15, 0.2) is 5.78 Å². The van der Waals surface area contributed by atoms with Crippen molar-refractivity contribution in [2.75, 3.05) is 0 Å². The fourth-order valence-electron chi connectivity index (χ4n) is 2.06. The van der Waals surface area contributed by atoms with Gasteiger partial charge < -0.3 is 16.2 Å². The van der Waals surface area contributed by atoms with Crippen molar-refractivity contribution >= 4 is 17.8 Å². The van der Waals surface area contributed by atoms with Gasteiger partial charge >= 0.3 is 12.1 Å². The third-order valence-corrected chi connectivity index (χ3v) is 3.21. The van der Waals surface area contributed by atoms with Crippen molar-refractivity contribution in [3.63, 3.8) is 0 Å². The van der Waals surface area contributed by atoms with E-state index in [1.807, 2.05) is 6.07 Å². The number of rotatable bonds is 5. The van der Waals surface area contributed by atoms with Gasteiger partial charge in [-0.15, -0.1) is 0 Å². The van der Waals surface area contributed by atoms with E-state index in [4.69, 9.17) is 11.5 Å². The molecule has 1 atom stereocenters. The van der Waals surface area contributed by atoms with Gasteiger partial charge in [0.2, 0.25) is 0 Å². The summed E-state index contributed by atoms with van der Waals surface area (Å²) in [7, 11) is 0. The number of primary amides is 1. The molecule has 6 nitrogen and oxygen atoms in total. The normalized spacial score (nSPS) is 11.5.